The highest BCUT2D eigenvalue weighted by atomic mass is 79.9. The van der Waals surface area contributed by atoms with Crippen LogP contribution in [0.5, 0.6) is 0 Å². The number of carboxylic acid groups (broad SMARTS) is 1. The van der Waals surface area contributed by atoms with Gasteiger partial charge in [-0.1, -0.05) is 27.7 Å². The summed E-state index contributed by atoms with van der Waals surface area (Å²) in [6, 6.07) is 5.95. The van der Waals surface area contributed by atoms with Crippen molar-refractivity contribution < 1.29 is 19.1 Å². The number of benzene rings is 1. The molecular formula is C14H10BrFN2O3S. The maximum absolute atomic E-state index is 14.1. The van der Waals surface area contributed by atoms with E-state index in [1.165, 1.54) is 18.3 Å². The number of amides is 1. The monoisotopic (exact) mass is 384 g/mol. The second kappa shape index (κ2) is 7.37. The van der Waals surface area contributed by atoms with E-state index >= 15 is 0 Å². The molecular weight excluding hydrogens is 375 g/mol. The van der Waals surface area contributed by atoms with Crippen molar-refractivity contribution in [2.45, 2.75) is 16.5 Å². The number of pyridine rings is 1. The van der Waals surface area contributed by atoms with E-state index in [2.05, 4.69) is 26.2 Å². The molecule has 1 heterocycles. The molecule has 0 aliphatic rings. The highest BCUT2D eigenvalue weighted by molar-refractivity contribution is 9.10. The molecule has 2 rings (SSSR count). The topological polar surface area (TPSA) is 79.3 Å². The van der Waals surface area contributed by atoms with E-state index in [1.807, 2.05) is 0 Å². The highest BCUT2D eigenvalue weighted by Gasteiger charge is 2.16. The van der Waals surface area contributed by atoms with Crippen LogP contribution >= 0.6 is 27.7 Å². The quantitative estimate of drug-likeness (QED) is 0.768. The maximum atomic E-state index is 14.1. The molecule has 0 saturated heterocycles. The zero-order valence-corrected chi connectivity index (χ0v) is 13.4. The van der Waals surface area contributed by atoms with E-state index in [-0.39, 0.29) is 11.4 Å². The van der Waals surface area contributed by atoms with Gasteiger partial charge in [-0.25, -0.2) is 14.2 Å². The number of nitrogens with zero attached hydrogens (tertiary/aromatic N) is 1. The van der Waals surface area contributed by atoms with Gasteiger partial charge in [0, 0.05) is 28.3 Å². The summed E-state index contributed by atoms with van der Waals surface area (Å²) in [6.45, 7) is -0.0702. The second-order valence-electron chi connectivity index (χ2n) is 4.11. The van der Waals surface area contributed by atoms with E-state index in [1.54, 1.807) is 12.1 Å². The van der Waals surface area contributed by atoms with Crippen LogP contribution in [0.4, 0.5) is 9.18 Å². The maximum Gasteiger partial charge on any atom is 0.404 e. The van der Waals surface area contributed by atoms with E-state index in [9.17, 15) is 14.0 Å². The molecule has 114 valence electrons. The molecule has 2 aromatic rings. The zero-order chi connectivity index (χ0) is 16.1. The van der Waals surface area contributed by atoms with Crippen LogP contribution in [0.3, 0.4) is 0 Å². The van der Waals surface area contributed by atoms with Crippen molar-refractivity contribution in [3.63, 3.8) is 0 Å². The first-order valence-corrected chi connectivity index (χ1v) is 7.65. The number of carbonyl (C=O) groups excluding carboxylic acids is 1. The predicted molar refractivity (Wildman–Crippen MR) is 82.7 cm³/mol. The van der Waals surface area contributed by atoms with Crippen LogP contribution in [0.15, 0.2) is 44.9 Å². The summed E-state index contributed by atoms with van der Waals surface area (Å²) >= 11 is 4.26. The molecule has 0 atom stereocenters. The van der Waals surface area contributed by atoms with Crippen LogP contribution in [0, 0.1) is 5.82 Å². The minimum absolute atomic E-state index is 0.0702. The molecule has 0 spiro atoms. The van der Waals surface area contributed by atoms with Gasteiger partial charge in [0.15, 0.2) is 6.29 Å². The van der Waals surface area contributed by atoms with Crippen molar-refractivity contribution in [2.24, 2.45) is 0 Å². The summed E-state index contributed by atoms with van der Waals surface area (Å²) < 4.78 is 14.7. The SMILES string of the molecule is O=Cc1cccnc1Sc1c(F)ccc(Br)c1CNC(=O)O. The molecule has 0 radical (unpaired) electrons. The Morgan fingerprint density at radius 1 is 1.45 bits per heavy atom. The lowest BCUT2D eigenvalue weighted by atomic mass is 10.2. The Morgan fingerprint density at radius 2 is 2.23 bits per heavy atom. The standard InChI is InChI=1S/C14H10BrFN2O3S/c15-10-3-4-11(16)12(9(10)6-18-14(20)21)22-13-8(7-19)2-1-5-17-13/h1-5,7,18H,6H2,(H,20,21). The molecule has 0 unspecified atom stereocenters. The average Bonchev–Trinajstić information content (AvgIpc) is 2.50. The van der Waals surface area contributed by atoms with Crippen molar-refractivity contribution >= 4 is 40.1 Å². The minimum Gasteiger partial charge on any atom is -0.465 e. The van der Waals surface area contributed by atoms with E-state index < -0.39 is 11.9 Å². The Kier molecular flexibility index (Phi) is 5.51. The van der Waals surface area contributed by atoms with Crippen LogP contribution in [-0.2, 0) is 6.54 Å². The van der Waals surface area contributed by atoms with Crippen LogP contribution in [-0.4, -0.2) is 22.5 Å². The van der Waals surface area contributed by atoms with Crippen molar-refractivity contribution in [1.82, 2.24) is 10.3 Å². The zero-order valence-electron chi connectivity index (χ0n) is 11.0. The smallest absolute Gasteiger partial charge is 0.404 e. The van der Waals surface area contributed by atoms with Gasteiger partial charge in [-0.15, -0.1) is 0 Å². The molecule has 1 amide bonds. The summed E-state index contributed by atoms with van der Waals surface area (Å²) in [4.78, 5) is 26.0. The van der Waals surface area contributed by atoms with Crippen LogP contribution in [0.25, 0.3) is 0 Å². The number of halogens is 2. The van der Waals surface area contributed by atoms with E-state index in [0.717, 1.165) is 11.8 Å². The number of carbonyl (C=O) groups is 2. The molecule has 0 bridgehead atoms. The summed E-state index contributed by atoms with van der Waals surface area (Å²) in [6.07, 6.45) is 0.930. The third-order valence-electron chi connectivity index (χ3n) is 2.70. The van der Waals surface area contributed by atoms with Gasteiger partial charge in [-0.3, -0.25) is 4.79 Å². The Morgan fingerprint density at radius 3 is 2.91 bits per heavy atom. The number of aldehydes is 1. The average molecular weight is 385 g/mol. The Labute approximate surface area is 138 Å². The molecule has 0 fully saturated rings. The molecule has 8 heteroatoms. The van der Waals surface area contributed by atoms with Gasteiger partial charge in [0.1, 0.15) is 10.8 Å². The normalized spacial score (nSPS) is 10.3. The third-order valence-corrected chi connectivity index (χ3v) is 4.62. The summed E-state index contributed by atoms with van der Waals surface area (Å²) in [5, 5.41) is 11.3. The molecule has 5 nitrogen and oxygen atoms in total. The van der Waals surface area contributed by atoms with Crippen LogP contribution in [0.2, 0.25) is 0 Å². The lowest BCUT2D eigenvalue weighted by molar-refractivity contribution is 0.112. The summed E-state index contributed by atoms with van der Waals surface area (Å²) in [5.41, 5.74) is 0.777. The summed E-state index contributed by atoms with van der Waals surface area (Å²) in [5.74, 6) is -0.516. The van der Waals surface area contributed by atoms with E-state index in [0.29, 0.717) is 26.9 Å². The fourth-order valence-electron chi connectivity index (χ4n) is 1.69. The van der Waals surface area contributed by atoms with Gasteiger partial charge in [0.05, 0.1) is 4.90 Å². The first-order chi connectivity index (χ1) is 10.5. The number of hydrogen-bond donors (Lipinski definition) is 2. The van der Waals surface area contributed by atoms with Crippen molar-refractivity contribution in [2.75, 3.05) is 0 Å². The molecule has 1 aromatic heterocycles. The van der Waals surface area contributed by atoms with Gasteiger partial charge in [-0.2, -0.15) is 0 Å². The number of aromatic nitrogens is 1. The van der Waals surface area contributed by atoms with E-state index in [4.69, 9.17) is 5.11 Å². The first-order valence-electron chi connectivity index (χ1n) is 6.04. The molecule has 0 saturated carbocycles. The van der Waals surface area contributed by atoms with Crippen LogP contribution in [0.1, 0.15) is 15.9 Å². The highest BCUT2D eigenvalue weighted by Crippen LogP contribution is 2.36. The first kappa shape index (κ1) is 16.4. The molecule has 2 N–H and O–H groups in total. The fourth-order valence-corrected chi connectivity index (χ4v) is 3.30. The number of hydrogen-bond acceptors (Lipinski definition) is 4. The number of rotatable bonds is 5. The van der Waals surface area contributed by atoms with Crippen LogP contribution < -0.4 is 5.32 Å². The lowest BCUT2D eigenvalue weighted by Gasteiger charge is -2.12. The third kappa shape index (κ3) is 3.83. The second-order valence-corrected chi connectivity index (χ2v) is 5.97. The Hall–Kier alpha value is -1.93. The number of nitrogens with one attached hydrogen (secondary N) is 1. The van der Waals surface area contributed by atoms with Crippen molar-refractivity contribution in [3.05, 3.63) is 51.9 Å². The van der Waals surface area contributed by atoms with Crippen molar-refractivity contribution in [1.29, 1.82) is 0 Å². The van der Waals surface area contributed by atoms with Gasteiger partial charge < -0.3 is 10.4 Å². The Bertz CT molecular complexity index is 727. The minimum atomic E-state index is -1.21. The molecule has 0 aliphatic heterocycles. The predicted octanol–water partition coefficient (Wildman–Crippen LogP) is 3.71. The van der Waals surface area contributed by atoms with Gasteiger partial charge >= 0.3 is 6.09 Å². The van der Waals surface area contributed by atoms with Crippen molar-refractivity contribution in [3.8, 4) is 0 Å². The summed E-state index contributed by atoms with van der Waals surface area (Å²) in [7, 11) is 0. The molecule has 22 heavy (non-hydrogen) atoms. The lowest BCUT2D eigenvalue weighted by Crippen LogP contribution is -2.20. The fraction of sp³-hybridized carbons (Fsp3) is 0.0714. The molecule has 0 aliphatic carbocycles. The molecule has 1 aromatic carbocycles. The largest absolute Gasteiger partial charge is 0.465 e. The van der Waals surface area contributed by atoms with Gasteiger partial charge in [0.2, 0.25) is 0 Å². The Balaban J connectivity index is 2.42. The van der Waals surface area contributed by atoms with Gasteiger partial charge in [-0.05, 0) is 24.3 Å². The van der Waals surface area contributed by atoms with Gasteiger partial charge in [0.25, 0.3) is 0 Å².